The quantitative estimate of drug-likeness (QED) is 0.786. The van der Waals surface area contributed by atoms with Gasteiger partial charge in [0, 0.05) is 30.2 Å². The fraction of sp³-hybridized carbons (Fsp3) is 0.450. The molecule has 138 valence electrons. The standard InChI is InChI=1S/C20H23ClN2O2S/c1-26(24,25)23-11-8-14(9-12-23)19-18-7-6-17(21)13-16(18)5-4-15-3-2-10-22-20(15)19/h2-3,6-7,10,13-14,19H,4-5,8-9,11-12H2,1H3. The number of aromatic nitrogens is 1. The van der Waals surface area contributed by atoms with Crippen LogP contribution in [0.25, 0.3) is 0 Å². The lowest BCUT2D eigenvalue weighted by atomic mass is 9.77. The van der Waals surface area contributed by atoms with Crippen molar-refractivity contribution in [3.8, 4) is 0 Å². The SMILES string of the molecule is CS(=O)(=O)N1CCC(C2c3ccc(Cl)cc3CCc3cccnc32)CC1. The number of hydrogen-bond donors (Lipinski definition) is 0. The molecule has 1 aromatic heterocycles. The molecule has 4 rings (SSSR count). The topological polar surface area (TPSA) is 50.3 Å². The molecule has 1 atom stereocenters. The summed E-state index contributed by atoms with van der Waals surface area (Å²) in [6, 6.07) is 10.4. The highest BCUT2D eigenvalue weighted by Crippen LogP contribution is 2.42. The normalized spacial score (nSPS) is 21.7. The van der Waals surface area contributed by atoms with Gasteiger partial charge in [-0.25, -0.2) is 12.7 Å². The molecule has 1 unspecified atom stereocenters. The fourth-order valence-corrected chi connectivity index (χ4v) is 5.54. The number of sulfonamides is 1. The van der Waals surface area contributed by atoms with Gasteiger partial charge in [-0.05, 0) is 66.5 Å². The maximum Gasteiger partial charge on any atom is 0.211 e. The Morgan fingerprint density at radius 2 is 1.85 bits per heavy atom. The number of nitrogens with zero attached hydrogens (tertiary/aromatic N) is 2. The lowest BCUT2D eigenvalue weighted by Crippen LogP contribution is -2.39. The van der Waals surface area contributed by atoms with Gasteiger partial charge in [-0.15, -0.1) is 0 Å². The van der Waals surface area contributed by atoms with Crippen molar-refractivity contribution in [3.63, 3.8) is 0 Å². The summed E-state index contributed by atoms with van der Waals surface area (Å²) in [7, 11) is -3.11. The van der Waals surface area contributed by atoms with Crippen molar-refractivity contribution >= 4 is 21.6 Å². The predicted molar refractivity (Wildman–Crippen MR) is 104 cm³/mol. The summed E-state index contributed by atoms with van der Waals surface area (Å²) >= 11 is 6.26. The molecule has 0 radical (unpaired) electrons. The van der Waals surface area contributed by atoms with E-state index in [1.54, 1.807) is 4.31 Å². The van der Waals surface area contributed by atoms with Gasteiger partial charge in [0.05, 0.1) is 11.9 Å². The molecular weight excluding hydrogens is 368 g/mol. The minimum Gasteiger partial charge on any atom is -0.260 e. The molecule has 0 amide bonds. The van der Waals surface area contributed by atoms with Crippen LogP contribution in [0.4, 0.5) is 0 Å². The van der Waals surface area contributed by atoms with Crippen LogP contribution < -0.4 is 0 Å². The van der Waals surface area contributed by atoms with Gasteiger partial charge in [0.1, 0.15) is 0 Å². The van der Waals surface area contributed by atoms with Gasteiger partial charge >= 0.3 is 0 Å². The van der Waals surface area contributed by atoms with E-state index < -0.39 is 10.0 Å². The summed E-state index contributed by atoms with van der Waals surface area (Å²) in [6.45, 7) is 1.18. The van der Waals surface area contributed by atoms with Crippen molar-refractivity contribution < 1.29 is 8.42 Å². The zero-order valence-electron chi connectivity index (χ0n) is 14.9. The van der Waals surface area contributed by atoms with Crippen LogP contribution in [0.2, 0.25) is 5.02 Å². The minimum atomic E-state index is -3.11. The first-order chi connectivity index (χ1) is 12.4. The van der Waals surface area contributed by atoms with Gasteiger partial charge in [-0.2, -0.15) is 0 Å². The number of pyridine rings is 1. The molecule has 2 aromatic rings. The monoisotopic (exact) mass is 390 g/mol. The van der Waals surface area contributed by atoms with E-state index in [-0.39, 0.29) is 5.92 Å². The molecule has 1 aromatic carbocycles. The Bertz CT molecular complexity index is 921. The number of piperidine rings is 1. The number of rotatable bonds is 2. The van der Waals surface area contributed by atoms with Crippen molar-refractivity contribution in [1.82, 2.24) is 9.29 Å². The number of hydrogen-bond acceptors (Lipinski definition) is 3. The average Bonchev–Trinajstić information content (AvgIpc) is 2.78. The molecule has 4 nitrogen and oxygen atoms in total. The molecule has 2 heterocycles. The molecule has 1 fully saturated rings. The smallest absolute Gasteiger partial charge is 0.211 e. The van der Waals surface area contributed by atoms with E-state index in [0.717, 1.165) is 36.4 Å². The number of halogens is 1. The minimum absolute atomic E-state index is 0.211. The Balaban J connectivity index is 1.73. The Labute approximate surface area is 160 Å². The predicted octanol–water partition coefficient (Wildman–Crippen LogP) is 3.64. The van der Waals surface area contributed by atoms with E-state index in [1.165, 1.54) is 22.9 Å². The third-order valence-electron chi connectivity index (χ3n) is 5.76. The third-order valence-corrected chi connectivity index (χ3v) is 7.30. The Kier molecular flexibility index (Phi) is 4.80. The van der Waals surface area contributed by atoms with Crippen LogP contribution in [0.15, 0.2) is 36.5 Å². The van der Waals surface area contributed by atoms with Gasteiger partial charge in [-0.1, -0.05) is 23.7 Å². The molecule has 0 saturated carbocycles. The van der Waals surface area contributed by atoms with Gasteiger partial charge < -0.3 is 0 Å². The van der Waals surface area contributed by atoms with E-state index in [1.807, 2.05) is 18.3 Å². The second kappa shape index (κ2) is 6.95. The van der Waals surface area contributed by atoms with Crippen LogP contribution in [0.3, 0.4) is 0 Å². The molecule has 1 saturated heterocycles. The van der Waals surface area contributed by atoms with Crippen molar-refractivity contribution in [2.24, 2.45) is 5.92 Å². The molecule has 1 aliphatic carbocycles. The maximum absolute atomic E-state index is 11.9. The van der Waals surface area contributed by atoms with E-state index in [4.69, 9.17) is 16.6 Å². The van der Waals surface area contributed by atoms with Crippen LogP contribution in [-0.2, 0) is 22.9 Å². The Morgan fingerprint density at radius 3 is 2.58 bits per heavy atom. The molecule has 6 heteroatoms. The fourth-order valence-electron chi connectivity index (χ4n) is 4.47. The van der Waals surface area contributed by atoms with Crippen molar-refractivity contribution in [3.05, 3.63) is 63.9 Å². The van der Waals surface area contributed by atoms with Crippen LogP contribution in [0, 0.1) is 5.92 Å². The second-order valence-corrected chi connectivity index (χ2v) is 9.79. The number of fused-ring (bicyclic) bond motifs is 2. The molecule has 26 heavy (non-hydrogen) atoms. The largest absolute Gasteiger partial charge is 0.260 e. The van der Waals surface area contributed by atoms with E-state index >= 15 is 0 Å². The highest BCUT2D eigenvalue weighted by molar-refractivity contribution is 7.88. The first kappa shape index (κ1) is 18.0. The van der Waals surface area contributed by atoms with Gasteiger partial charge in [0.15, 0.2) is 0 Å². The molecule has 0 bridgehead atoms. The van der Waals surface area contributed by atoms with Crippen LogP contribution in [-0.4, -0.2) is 37.1 Å². The number of benzene rings is 1. The first-order valence-electron chi connectivity index (χ1n) is 9.11. The third kappa shape index (κ3) is 3.40. The number of aryl methyl sites for hydroxylation is 2. The van der Waals surface area contributed by atoms with E-state index in [2.05, 4.69) is 18.2 Å². The lowest BCUT2D eigenvalue weighted by molar-refractivity contribution is 0.256. The van der Waals surface area contributed by atoms with Crippen LogP contribution >= 0.6 is 11.6 Å². The summed E-state index contributed by atoms with van der Waals surface area (Å²) in [6.07, 6.45) is 6.82. The molecule has 1 aliphatic heterocycles. The van der Waals surface area contributed by atoms with Gasteiger partial charge in [-0.3, -0.25) is 4.98 Å². The highest BCUT2D eigenvalue weighted by Gasteiger charge is 2.35. The van der Waals surface area contributed by atoms with E-state index in [0.29, 0.717) is 19.0 Å². The summed E-state index contributed by atoms with van der Waals surface area (Å²) in [5.41, 5.74) is 5.07. The summed E-state index contributed by atoms with van der Waals surface area (Å²) in [5, 5.41) is 0.772. The highest BCUT2D eigenvalue weighted by atomic mass is 35.5. The average molecular weight is 391 g/mol. The first-order valence-corrected chi connectivity index (χ1v) is 11.3. The Morgan fingerprint density at radius 1 is 1.12 bits per heavy atom. The summed E-state index contributed by atoms with van der Waals surface area (Å²) in [4.78, 5) is 4.76. The zero-order valence-corrected chi connectivity index (χ0v) is 16.4. The second-order valence-electron chi connectivity index (χ2n) is 7.37. The van der Waals surface area contributed by atoms with Gasteiger partial charge in [0.25, 0.3) is 0 Å². The van der Waals surface area contributed by atoms with Crippen molar-refractivity contribution in [1.29, 1.82) is 0 Å². The molecule has 0 N–H and O–H groups in total. The zero-order chi connectivity index (χ0) is 18.3. The van der Waals surface area contributed by atoms with Gasteiger partial charge in [0.2, 0.25) is 10.0 Å². The summed E-state index contributed by atoms with van der Waals surface area (Å²) < 4.78 is 25.3. The molecule has 2 aliphatic rings. The van der Waals surface area contributed by atoms with E-state index in [9.17, 15) is 8.42 Å². The molecule has 0 spiro atoms. The van der Waals surface area contributed by atoms with Crippen LogP contribution in [0.5, 0.6) is 0 Å². The Hall–Kier alpha value is -1.43. The summed E-state index contributed by atoms with van der Waals surface area (Å²) in [5.74, 6) is 0.599. The van der Waals surface area contributed by atoms with Crippen molar-refractivity contribution in [2.75, 3.05) is 19.3 Å². The lowest BCUT2D eigenvalue weighted by Gasteiger charge is -2.35. The van der Waals surface area contributed by atoms with Crippen LogP contribution in [0.1, 0.15) is 41.1 Å². The van der Waals surface area contributed by atoms with Crippen molar-refractivity contribution in [2.45, 2.75) is 31.6 Å². The maximum atomic E-state index is 11.9. The molecular formula is C20H23ClN2O2S.